The van der Waals surface area contributed by atoms with Crippen LogP contribution in [0.1, 0.15) is 58.6 Å². The topological polar surface area (TPSA) is 54.9 Å². The maximum Gasteiger partial charge on any atom is 0.329 e. The first kappa shape index (κ1) is 15.0. The van der Waals surface area contributed by atoms with Gasteiger partial charge in [0.05, 0.1) is 5.56 Å². The van der Waals surface area contributed by atoms with E-state index in [1.165, 1.54) is 4.57 Å². The van der Waals surface area contributed by atoms with E-state index < -0.39 is 5.69 Å². The van der Waals surface area contributed by atoms with Crippen molar-refractivity contribution in [2.45, 2.75) is 53.0 Å². The van der Waals surface area contributed by atoms with Crippen LogP contribution < -0.4 is 11.2 Å². The van der Waals surface area contributed by atoms with Crippen LogP contribution in [0.3, 0.4) is 0 Å². The lowest BCUT2D eigenvalue weighted by Gasteiger charge is -2.21. The van der Waals surface area contributed by atoms with Crippen LogP contribution in [0, 0.1) is 5.92 Å². The molecule has 0 saturated carbocycles. The number of nitrogens with one attached hydrogen (secondary N) is 1. The largest absolute Gasteiger partial charge is 0.329 e. The molecule has 1 N–H and O–H groups in total. The second-order valence-electron chi connectivity index (χ2n) is 5.11. The van der Waals surface area contributed by atoms with Gasteiger partial charge in [-0.2, -0.15) is 0 Å². The second-order valence-corrected chi connectivity index (χ2v) is 5.49. The fourth-order valence-electron chi connectivity index (χ4n) is 2.00. The molecule has 0 amide bonds. The summed E-state index contributed by atoms with van der Waals surface area (Å²) in [5, 5.41) is 0.160. The number of H-pyrrole nitrogens is 1. The average molecular weight is 273 g/mol. The summed E-state index contributed by atoms with van der Waals surface area (Å²) in [7, 11) is 0. The molecule has 2 unspecified atom stereocenters. The summed E-state index contributed by atoms with van der Waals surface area (Å²) in [6, 6.07) is -0.138. The van der Waals surface area contributed by atoms with Gasteiger partial charge < -0.3 is 0 Å². The normalized spacial score (nSPS) is 14.8. The fraction of sp³-hybridized carbons (Fsp3) is 0.692. The Labute approximate surface area is 112 Å². The van der Waals surface area contributed by atoms with Crippen molar-refractivity contribution in [3.8, 4) is 0 Å². The van der Waals surface area contributed by atoms with Gasteiger partial charge in [-0.25, -0.2) is 4.79 Å². The molecule has 1 rings (SSSR count). The number of rotatable bonds is 4. The van der Waals surface area contributed by atoms with E-state index in [9.17, 15) is 9.59 Å². The van der Waals surface area contributed by atoms with Gasteiger partial charge in [0, 0.05) is 6.04 Å². The van der Waals surface area contributed by atoms with Crippen molar-refractivity contribution in [1.29, 1.82) is 0 Å². The standard InChI is InChI=1S/C13H21ClN2O2/c1-6-8(4)9(5)16-12(17)10(7(2)3)11(14)15-13(16)18/h7-9H,6H2,1-5H3,(H,15,18). The molecule has 4 nitrogen and oxygen atoms in total. The quantitative estimate of drug-likeness (QED) is 0.857. The predicted molar refractivity (Wildman–Crippen MR) is 74.6 cm³/mol. The molecule has 0 aliphatic heterocycles. The predicted octanol–water partition coefficient (Wildman–Crippen LogP) is 2.92. The van der Waals surface area contributed by atoms with E-state index >= 15 is 0 Å². The second kappa shape index (κ2) is 5.74. The highest BCUT2D eigenvalue weighted by molar-refractivity contribution is 6.30. The van der Waals surface area contributed by atoms with E-state index in [1.807, 2.05) is 34.6 Å². The third-order valence-corrected chi connectivity index (χ3v) is 3.87. The summed E-state index contributed by atoms with van der Waals surface area (Å²) in [6.07, 6.45) is 0.909. The molecule has 0 fully saturated rings. The minimum atomic E-state index is -0.429. The van der Waals surface area contributed by atoms with Gasteiger partial charge in [-0.1, -0.05) is 45.7 Å². The lowest BCUT2D eigenvalue weighted by molar-refractivity contribution is 0.349. The van der Waals surface area contributed by atoms with E-state index in [0.29, 0.717) is 5.56 Å². The summed E-state index contributed by atoms with van der Waals surface area (Å²) in [4.78, 5) is 26.9. The number of aromatic nitrogens is 2. The van der Waals surface area contributed by atoms with Crippen molar-refractivity contribution in [3.63, 3.8) is 0 Å². The van der Waals surface area contributed by atoms with Gasteiger partial charge in [-0.05, 0) is 18.8 Å². The van der Waals surface area contributed by atoms with E-state index in [2.05, 4.69) is 4.98 Å². The Bertz CT molecular complexity index is 531. The molecule has 2 atom stereocenters. The molecule has 1 heterocycles. The Morgan fingerprint density at radius 2 is 1.78 bits per heavy atom. The molecule has 0 aromatic carbocycles. The number of aromatic amines is 1. The number of halogens is 1. The Hall–Kier alpha value is -1.03. The first-order chi connectivity index (χ1) is 8.31. The molecule has 0 bridgehead atoms. The van der Waals surface area contributed by atoms with Crippen molar-refractivity contribution in [2.75, 3.05) is 0 Å². The molecule has 0 spiro atoms. The minimum absolute atomic E-state index is 0.0165. The van der Waals surface area contributed by atoms with E-state index in [4.69, 9.17) is 11.6 Å². The number of hydrogen-bond donors (Lipinski definition) is 1. The van der Waals surface area contributed by atoms with E-state index in [0.717, 1.165) is 6.42 Å². The summed E-state index contributed by atoms with van der Waals surface area (Å²) in [6.45, 7) is 9.74. The lowest BCUT2D eigenvalue weighted by Crippen LogP contribution is -2.41. The van der Waals surface area contributed by atoms with Crippen molar-refractivity contribution >= 4 is 11.6 Å². The molecular formula is C13H21ClN2O2. The van der Waals surface area contributed by atoms with Gasteiger partial charge in [0.2, 0.25) is 0 Å². The van der Waals surface area contributed by atoms with Crippen LogP contribution in [0.2, 0.25) is 5.15 Å². The Morgan fingerprint density at radius 1 is 1.22 bits per heavy atom. The van der Waals surface area contributed by atoms with Gasteiger partial charge >= 0.3 is 5.69 Å². The highest BCUT2D eigenvalue weighted by Crippen LogP contribution is 2.20. The summed E-state index contributed by atoms with van der Waals surface area (Å²) in [5.74, 6) is 0.238. The third-order valence-electron chi connectivity index (χ3n) is 3.57. The Balaban J connectivity index is 3.51. The van der Waals surface area contributed by atoms with Crippen LogP contribution in [0.5, 0.6) is 0 Å². The summed E-state index contributed by atoms with van der Waals surface area (Å²) < 4.78 is 1.29. The molecule has 0 aliphatic carbocycles. The average Bonchev–Trinajstić information content (AvgIpc) is 2.26. The Morgan fingerprint density at radius 3 is 2.22 bits per heavy atom. The molecule has 0 radical (unpaired) electrons. The van der Waals surface area contributed by atoms with Crippen molar-refractivity contribution in [3.05, 3.63) is 31.6 Å². The van der Waals surface area contributed by atoms with Crippen molar-refractivity contribution in [1.82, 2.24) is 9.55 Å². The summed E-state index contributed by atoms with van der Waals surface area (Å²) in [5.41, 5.74) is -0.222. The zero-order valence-electron chi connectivity index (χ0n) is 11.6. The van der Waals surface area contributed by atoms with Crippen LogP contribution in [0.25, 0.3) is 0 Å². The van der Waals surface area contributed by atoms with E-state index in [-0.39, 0.29) is 28.6 Å². The molecule has 1 aromatic heterocycles. The highest BCUT2D eigenvalue weighted by Gasteiger charge is 2.21. The third kappa shape index (κ3) is 2.69. The lowest BCUT2D eigenvalue weighted by atomic mass is 10.00. The van der Waals surface area contributed by atoms with Gasteiger partial charge in [0.25, 0.3) is 5.56 Å². The molecular weight excluding hydrogens is 252 g/mol. The molecule has 0 saturated heterocycles. The Kier molecular flexibility index (Phi) is 4.79. The monoisotopic (exact) mass is 272 g/mol. The van der Waals surface area contributed by atoms with Crippen molar-refractivity contribution < 1.29 is 0 Å². The molecule has 1 aromatic rings. The van der Waals surface area contributed by atoms with Crippen LogP contribution in [-0.2, 0) is 0 Å². The van der Waals surface area contributed by atoms with Crippen LogP contribution in [-0.4, -0.2) is 9.55 Å². The van der Waals surface area contributed by atoms with Gasteiger partial charge in [-0.3, -0.25) is 14.3 Å². The fourth-order valence-corrected chi connectivity index (χ4v) is 2.38. The zero-order valence-corrected chi connectivity index (χ0v) is 12.3. The highest BCUT2D eigenvalue weighted by atomic mass is 35.5. The van der Waals surface area contributed by atoms with Crippen molar-refractivity contribution in [2.24, 2.45) is 5.92 Å². The molecule has 102 valence electrons. The molecule has 0 aliphatic rings. The van der Waals surface area contributed by atoms with Crippen LogP contribution in [0.4, 0.5) is 0 Å². The van der Waals surface area contributed by atoms with Gasteiger partial charge in [-0.15, -0.1) is 0 Å². The minimum Gasteiger partial charge on any atom is -0.297 e. The summed E-state index contributed by atoms with van der Waals surface area (Å²) >= 11 is 5.95. The first-order valence-electron chi connectivity index (χ1n) is 6.35. The maximum atomic E-state index is 12.4. The molecule has 5 heteroatoms. The SMILES string of the molecule is CCC(C)C(C)n1c(=O)[nH]c(Cl)c(C(C)C)c1=O. The first-order valence-corrected chi connectivity index (χ1v) is 6.73. The van der Waals surface area contributed by atoms with E-state index in [1.54, 1.807) is 0 Å². The smallest absolute Gasteiger partial charge is 0.297 e. The number of hydrogen-bond acceptors (Lipinski definition) is 2. The zero-order chi connectivity index (χ0) is 14.0. The van der Waals surface area contributed by atoms with Gasteiger partial charge in [0.1, 0.15) is 5.15 Å². The number of nitrogens with zero attached hydrogens (tertiary/aromatic N) is 1. The maximum absolute atomic E-state index is 12.4. The van der Waals surface area contributed by atoms with Crippen LogP contribution >= 0.6 is 11.6 Å². The van der Waals surface area contributed by atoms with Gasteiger partial charge in [0.15, 0.2) is 0 Å². The van der Waals surface area contributed by atoms with Crippen LogP contribution in [0.15, 0.2) is 9.59 Å². The molecule has 18 heavy (non-hydrogen) atoms.